The van der Waals surface area contributed by atoms with E-state index in [0.29, 0.717) is 0 Å². The highest BCUT2D eigenvalue weighted by Crippen LogP contribution is 2.33. The van der Waals surface area contributed by atoms with Gasteiger partial charge in [0, 0.05) is 33.1 Å². The van der Waals surface area contributed by atoms with E-state index >= 15 is 0 Å². The molecule has 0 saturated carbocycles. The summed E-state index contributed by atoms with van der Waals surface area (Å²) in [6.45, 7) is 11.0. The van der Waals surface area contributed by atoms with Gasteiger partial charge in [0.15, 0.2) is 5.82 Å². The highest BCUT2D eigenvalue weighted by atomic mass is 14.9. The largest absolute Gasteiger partial charge is 0.232 e. The Morgan fingerprint density at radius 3 is 1.41 bits per heavy atom. The molecule has 6 aromatic rings. The van der Waals surface area contributed by atoms with Crippen LogP contribution in [0.2, 0.25) is 0 Å². The Balaban J connectivity index is 1.33. The van der Waals surface area contributed by atoms with Crippen molar-refractivity contribution in [2.75, 3.05) is 0 Å². The van der Waals surface area contributed by atoms with Gasteiger partial charge in [-0.3, -0.25) is 0 Å². The van der Waals surface area contributed by atoms with Crippen LogP contribution in [0.25, 0.3) is 45.2 Å². The Labute approximate surface area is 261 Å². The third-order valence-electron chi connectivity index (χ3n) is 7.88. The quantitative estimate of drug-likeness (QED) is 0.190. The summed E-state index contributed by atoms with van der Waals surface area (Å²) in [5.41, 5.74) is 8.95. The van der Waals surface area contributed by atoms with Crippen molar-refractivity contribution >= 4 is 0 Å². The lowest BCUT2D eigenvalue weighted by Crippen LogP contribution is -2.23. The molecule has 0 bridgehead atoms. The first-order chi connectivity index (χ1) is 21.2. The number of rotatable bonds is 7. The van der Waals surface area contributed by atoms with E-state index in [1.54, 1.807) is 0 Å². The number of hydrogen-bond donors (Lipinski definition) is 0. The summed E-state index contributed by atoms with van der Waals surface area (Å²) >= 11 is 0. The SMILES string of the molecule is CC(C)(C)c1nc(-c2ccccc2)cc(-c2ccc(CC(C)(C)c3cc(-c4ccccc4)nc(-c4ccccc4)n3)cc2)n1. The zero-order valence-electron chi connectivity index (χ0n) is 26.1. The highest BCUT2D eigenvalue weighted by Gasteiger charge is 2.26. The van der Waals surface area contributed by atoms with Crippen molar-refractivity contribution < 1.29 is 0 Å². The van der Waals surface area contributed by atoms with Crippen LogP contribution in [0.1, 0.15) is 51.7 Å². The van der Waals surface area contributed by atoms with Crippen LogP contribution in [-0.2, 0) is 17.3 Å². The Morgan fingerprint density at radius 1 is 0.455 bits per heavy atom. The summed E-state index contributed by atoms with van der Waals surface area (Å²) in [4.78, 5) is 20.0. The summed E-state index contributed by atoms with van der Waals surface area (Å²) in [7, 11) is 0. The molecule has 6 rings (SSSR count). The molecule has 2 heterocycles. The van der Waals surface area contributed by atoms with Gasteiger partial charge in [-0.2, -0.15) is 0 Å². The van der Waals surface area contributed by atoms with E-state index in [9.17, 15) is 0 Å². The van der Waals surface area contributed by atoms with Crippen LogP contribution < -0.4 is 0 Å². The minimum absolute atomic E-state index is 0.168. The number of aromatic nitrogens is 4. The average Bonchev–Trinajstić information content (AvgIpc) is 3.05. The molecule has 4 aromatic carbocycles. The average molecular weight is 575 g/mol. The molecule has 0 amide bonds. The van der Waals surface area contributed by atoms with Crippen LogP contribution in [0.5, 0.6) is 0 Å². The highest BCUT2D eigenvalue weighted by molar-refractivity contribution is 5.68. The van der Waals surface area contributed by atoms with Gasteiger partial charge in [0.05, 0.1) is 22.8 Å². The molecule has 4 heteroatoms. The van der Waals surface area contributed by atoms with Gasteiger partial charge < -0.3 is 0 Å². The molecule has 0 N–H and O–H groups in total. The molecule has 0 radical (unpaired) electrons. The van der Waals surface area contributed by atoms with E-state index in [4.69, 9.17) is 19.9 Å². The molecule has 0 spiro atoms. The fourth-order valence-electron chi connectivity index (χ4n) is 5.35. The third kappa shape index (κ3) is 6.50. The summed E-state index contributed by atoms with van der Waals surface area (Å²) < 4.78 is 0. The lowest BCUT2D eigenvalue weighted by molar-refractivity contribution is 0.505. The molecule has 0 saturated heterocycles. The van der Waals surface area contributed by atoms with E-state index in [-0.39, 0.29) is 10.8 Å². The molecule has 218 valence electrons. The summed E-state index contributed by atoms with van der Waals surface area (Å²) in [6, 6.07) is 43.9. The second-order valence-electron chi connectivity index (χ2n) is 13.0. The number of benzene rings is 4. The van der Waals surface area contributed by atoms with Crippen molar-refractivity contribution in [3.8, 4) is 45.2 Å². The lowest BCUT2D eigenvalue weighted by Gasteiger charge is -2.25. The Bertz CT molecular complexity index is 1800. The van der Waals surface area contributed by atoms with Crippen molar-refractivity contribution in [3.63, 3.8) is 0 Å². The Morgan fingerprint density at radius 2 is 0.909 bits per heavy atom. The molecule has 0 unspecified atom stereocenters. The number of hydrogen-bond acceptors (Lipinski definition) is 4. The van der Waals surface area contributed by atoms with Gasteiger partial charge >= 0.3 is 0 Å². The maximum absolute atomic E-state index is 5.11. The van der Waals surface area contributed by atoms with Crippen LogP contribution in [0.4, 0.5) is 0 Å². The minimum Gasteiger partial charge on any atom is -0.232 e. The van der Waals surface area contributed by atoms with Gasteiger partial charge in [0.25, 0.3) is 0 Å². The monoisotopic (exact) mass is 574 g/mol. The Hall–Kier alpha value is -4.96. The van der Waals surface area contributed by atoms with Gasteiger partial charge in [-0.1, -0.05) is 150 Å². The van der Waals surface area contributed by atoms with Crippen LogP contribution in [0, 0.1) is 0 Å². The van der Waals surface area contributed by atoms with Gasteiger partial charge in [0.1, 0.15) is 5.82 Å². The standard InChI is InChI=1S/C40H38N4/c1-39(2,3)38-42-33(29-15-9-6-10-16-29)25-34(43-38)31-23-21-28(22-24-31)27-40(4,5)36-26-35(30-17-11-7-12-18-30)41-37(44-36)32-19-13-8-14-20-32/h6-26H,27H2,1-5H3. The maximum Gasteiger partial charge on any atom is 0.160 e. The minimum atomic E-state index is -0.230. The zero-order chi connectivity index (χ0) is 30.7. The molecular weight excluding hydrogens is 536 g/mol. The second-order valence-corrected chi connectivity index (χ2v) is 13.0. The number of nitrogens with zero attached hydrogens (tertiary/aromatic N) is 4. The van der Waals surface area contributed by atoms with Crippen molar-refractivity contribution in [1.82, 2.24) is 19.9 Å². The molecular formula is C40H38N4. The predicted molar refractivity (Wildman–Crippen MR) is 181 cm³/mol. The first-order valence-electron chi connectivity index (χ1n) is 15.2. The fourth-order valence-corrected chi connectivity index (χ4v) is 5.35. The zero-order valence-corrected chi connectivity index (χ0v) is 26.1. The Kier molecular flexibility index (Phi) is 7.92. The van der Waals surface area contributed by atoms with E-state index in [1.165, 1.54) is 5.56 Å². The molecule has 0 aliphatic carbocycles. The topological polar surface area (TPSA) is 51.6 Å². The van der Waals surface area contributed by atoms with Crippen LogP contribution in [0.3, 0.4) is 0 Å². The first kappa shape index (κ1) is 29.1. The van der Waals surface area contributed by atoms with E-state index in [1.807, 2.05) is 42.5 Å². The molecule has 0 atom stereocenters. The van der Waals surface area contributed by atoms with Gasteiger partial charge in [-0.05, 0) is 24.1 Å². The van der Waals surface area contributed by atoms with Crippen LogP contribution in [0.15, 0.2) is 127 Å². The molecule has 0 aliphatic rings. The van der Waals surface area contributed by atoms with E-state index in [2.05, 4.69) is 120 Å². The van der Waals surface area contributed by atoms with Gasteiger partial charge in [0.2, 0.25) is 0 Å². The second kappa shape index (κ2) is 12.0. The summed E-state index contributed by atoms with van der Waals surface area (Å²) in [6.07, 6.45) is 0.832. The molecule has 0 fully saturated rings. The van der Waals surface area contributed by atoms with Crippen molar-refractivity contribution in [1.29, 1.82) is 0 Å². The van der Waals surface area contributed by atoms with Gasteiger partial charge in [-0.25, -0.2) is 19.9 Å². The van der Waals surface area contributed by atoms with E-state index in [0.717, 1.165) is 63.1 Å². The van der Waals surface area contributed by atoms with Crippen molar-refractivity contribution in [2.24, 2.45) is 0 Å². The summed E-state index contributed by atoms with van der Waals surface area (Å²) in [5, 5.41) is 0. The first-order valence-corrected chi connectivity index (χ1v) is 15.2. The van der Waals surface area contributed by atoms with Crippen molar-refractivity contribution in [2.45, 2.75) is 51.9 Å². The maximum atomic E-state index is 5.11. The fraction of sp³-hybridized carbons (Fsp3) is 0.200. The normalized spacial score (nSPS) is 11.8. The summed E-state index contributed by atoms with van der Waals surface area (Å²) in [5.74, 6) is 1.59. The van der Waals surface area contributed by atoms with Crippen LogP contribution in [-0.4, -0.2) is 19.9 Å². The van der Waals surface area contributed by atoms with Gasteiger partial charge in [-0.15, -0.1) is 0 Å². The smallest absolute Gasteiger partial charge is 0.160 e. The molecule has 4 nitrogen and oxygen atoms in total. The predicted octanol–water partition coefficient (Wildman–Crippen LogP) is 9.75. The van der Waals surface area contributed by atoms with Crippen molar-refractivity contribution in [3.05, 3.63) is 144 Å². The molecule has 44 heavy (non-hydrogen) atoms. The third-order valence-corrected chi connectivity index (χ3v) is 7.88. The lowest BCUT2D eigenvalue weighted by atomic mass is 9.81. The van der Waals surface area contributed by atoms with Crippen LogP contribution >= 0.6 is 0 Å². The molecule has 2 aromatic heterocycles. The van der Waals surface area contributed by atoms with E-state index < -0.39 is 0 Å². The molecule has 0 aliphatic heterocycles.